The molecule has 11 heteroatoms. The number of carbonyl (C=O) groups is 2. The van der Waals surface area contributed by atoms with Crippen molar-refractivity contribution in [3.8, 4) is 0 Å². The largest absolute Gasteiger partial charge is 0.418 e. The number of piperidine rings is 1. The minimum atomic E-state index is -4.54. The van der Waals surface area contributed by atoms with Gasteiger partial charge in [0.05, 0.1) is 28.0 Å². The molecule has 2 aromatic carbocycles. The highest BCUT2D eigenvalue weighted by Crippen LogP contribution is 2.35. The Morgan fingerprint density at radius 2 is 1.68 bits per heavy atom. The van der Waals surface area contributed by atoms with Gasteiger partial charge in [0, 0.05) is 45.2 Å². The van der Waals surface area contributed by atoms with Crippen LogP contribution in [0.15, 0.2) is 48.5 Å². The Hall–Kier alpha value is -3.18. The highest BCUT2D eigenvalue weighted by atomic mass is 32.1. The molecule has 2 aliphatic rings. The van der Waals surface area contributed by atoms with Crippen LogP contribution in [0, 0.1) is 5.92 Å². The molecule has 1 N–H and O–H groups in total. The fourth-order valence-electron chi connectivity index (χ4n) is 5.15. The van der Waals surface area contributed by atoms with Gasteiger partial charge in [-0.15, -0.1) is 0 Å². The molecule has 7 nitrogen and oxygen atoms in total. The number of hydrogen-bond donors (Lipinski definition) is 1. The number of para-hydroxylation sites is 2. The molecule has 0 bridgehead atoms. The zero-order valence-electron chi connectivity index (χ0n) is 20.9. The number of fused-ring (bicyclic) bond motifs is 1. The second-order valence-corrected chi connectivity index (χ2v) is 10.8. The highest BCUT2D eigenvalue weighted by Gasteiger charge is 2.34. The Morgan fingerprint density at radius 3 is 2.45 bits per heavy atom. The normalized spacial score (nSPS) is 18.0. The smallest absolute Gasteiger partial charge is 0.348 e. The van der Waals surface area contributed by atoms with Gasteiger partial charge in [-0.3, -0.25) is 14.5 Å². The van der Waals surface area contributed by atoms with Gasteiger partial charge in [0.25, 0.3) is 0 Å². The minimum absolute atomic E-state index is 0.0191. The van der Waals surface area contributed by atoms with Crippen LogP contribution in [0.4, 0.5) is 24.0 Å². The number of hydrogen-bond acceptors (Lipinski definition) is 6. The quantitative estimate of drug-likeness (QED) is 0.503. The van der Waals surface area contributed by atoms with Gasteiger partial charge >= 0.3 is 6.18 Å². The number of amides is 2. The van der Waals surface area contributed by atoms with Crippen molar-refractivity contribution in [1.82, 2.24) is 14.8 Å². The van der Waals surface area contributed by atoms with E-state index in [9.17, 15) is 22.8 Å². The van der Waals surface area contributed by atoms with Gasteiger partial charge < -0.3 is 15.1 Å². The predicted molar refractivity (Wildman–Crippen MR) is 142 cm³/mol. The number of nitrogens with zero attached hydrogens (tertiary/aromatic N) is 4. The van der Waals surface area contributed by atoms with Crippen molar-refractivity contribution in [3.63, 3.8) is 0 Å². The molecule has 1 aromatic heterocycles. The summed E-state index contributed by atoms with van der Waals surface area (Å²) in [6, 6.07) is 13.0. The Morgan fingerprint density at radius 1 is 0.947 bits per heavy atom. The first-order chi connectivity index (χ1) is 18.3. The van der Waals surface area contributed by atoms with E-state index in [0.717, 1.165) is 47.3 Å². The second-order valence-electron chi connectivity index (χ2n) is 9.77. The van der Waals surface area contributed by atoms with Crippen LogP contribution in [0.3, 0.4) is 0 Å². The van der Waals surface area contributed by atoms with Gasteiger partial charge in [-0.1, -0.05) is 35.6 Å². The molecule has 2 amide bonds. The fourth-order valence-corrected chi connectivity index (χ4v) is 6.17. The summed E-state index contributed by atoms with van der Waals surface area (Å²) in [5, 5.41) is 3.41. The zero-order valence-corrected chi connectivity index (χ0v) is 21.7. The number of halogens is 3. The van der Waals surface area contributed by atoms with E-state index < -0.39 is 17.6 Å². The maximum Gasteiger partial charge on any atom is 0.418 e. The molecule has 0 aliphatic carbocycles. The summed E-state index contributed by atoms with van der Waals surface area (Å²) in [6.07, 6.45) is -2.29. The summed E-state index contributed by atoms with van der Waals surface area (Å²) in [5.41, 5.74) is -0.109. The van der Waals surface area contributed by atoms with Crippen LogP contribution in [0.1, 0.15) is 24.8 Å². The van der Waals surface area contributed by atoms with Crippen molar-refractivity contribution in [2.75, 3.05) is 56.0 Å². The average molecular weight is 546 g/mol. The maximum absolute atomic E-state index is 13.3. The molecule has 0 atom stereocenters. The van der Waals surface area contributed by atoms with E-state index in [1.807, 2.05) is 28.0 Å². The van der Waals surface area contributed by atoms with Crippen molar-refractivity contribution in [2.45, 2.75) is 25.4 Å². The molecule has 2 aliphatic heterocycles. The maximum atomic E-state index is 13.3. The Bertz CT molecular complexity index is 1260. The molecule has 5 rings (SSSR count). The molecule has 0 saturated carbocycles. The van der Waals surface area contributed by atoms with Gasteiger partial charge in [-0.05, 0) is 43.5 Å². The van der Waals surface area contributed by atoms with E-state index in [4.69, 9.17) is 4.98 Å². The standard InChI is InChI=1S/C27H30F3N5O2S/c28-27(29,30)20-6-1-2-7-21(20)31-24(36)18-33-12-5-13-34(17-16-33)25(37)19-10-14-35(15-11-19)26-32-22-8-3-4-9-23(22)38-26/h1-4,6-9,19H,5,10-18H2,(H,31,36). The Balaban J connectivity index is 1.11. The van der Waals surface area contributed by atoms with Gasteiger partial charge in [0.15, 0.2) is 5.13 Å². The van der Waals surface area contributed by atoms with Crippen molar-refractivity contribution in [1.29, 1.82) is 0 Å². The molecular formula is C27H30F3N5O2S. The van der Waals surface area contributed by atoms with Crippen LogP contribution < -0.4 is 10.2 Å². The third-order valence-electron chi connectivity index (χ3n) is 7.17. The molecule has 38 heavy (non-hydrogen) atoms. The minimum Gasteiger partial charge on any atom is -0.348 e. The SMILES string of the molecule is O=C(CN1CCCN(C(=O)C2CCN(c3nc4ccccc4s3)CC2)CC1)Nc1ccccc1C(F)(F)F. The number of benzene rings is 2. The van der Waals surface area contributed by atoms with Gasteiger partial charge in [-0.2, -0.15) is 13.2 Å². The second kappa shape index (κ2) is 11.3. The van der Waals surface area contributed by atoms with Crippen LogP contribution in [-0.2, 0) is 15.8 Å². The fraction of sp³-hybridized carbons (Fsp3) is 0.444. The monoisotopic (exact) mass is 545 g/mol. The van der Waals surface area contributed by atoms with Crippen LogP contribution in [0.25, 0.3) is 10.2 Å². The average Bonchev–Trinajstić information content (AvgIpc) is 3.21. The molecule has 202 valence electrons. The number of thiazole rings is 1. The first kappa shape index (κ1) is 26.4. The number of nitrogens with one attached hydrogen (secondary N) is 1. The molecule has 0 spiro atoms. The molecule has 2 saturated heterocycles. The van der Waals surface area contributed by atoms with Gasteiger partial charge in [0.2, 0.25) is 11.8 Å². The summed E-state index contributed by atoms with van der Waals surface area (Å²) in [6.45, 7) is 3.79. The molecule has 3 heterocycles. The lowest BCUT2D eigenvalue weighted by atomic mass is 9.95. The van der Waals surface area contributed by atoms with E-state index in [1.54, 1.807) is 11.3 Å². The lowest BCUT2D eigenvalue weighted by molar-refractivity contribution is -0.137. The lowest BCUT2D eigenvalue weighted by Crippen LogP contribution is -2.44. The van der Waals surface area contributed by atoms with Crippen molar-refractivity contribution < 1.29 is 22.8 Å². The summed E-state index contributed by atoms with van der Waals surface area (Å²) in [4.78, 5) is 36.6. The van der Waals surface area contributed by atoms with E-state index in [2.05, 4.69) is 16.3 Å². The number of anilines is 2. The number of alkyl halides is 3. The van der Waals surface area contributed by atoms with Crippen molar-refractivity contribution in [3.05, 3.63) is 54.1 Å². The summed E-state index contributed by atoms with van der Waals surface area (Å²) in [5.74, 6) is -0.377. The van der Waals surface area contributed by atoms with Gasteiger partial charge in [0.1, 0.15) is 0 Å². The third-order valence-corrected chi connectivity index (χ3v) is 8.27. The third kappa shape index (κ3) is 6.10. The molecule has 2 fully saturated rings. The van der Waals surface area contributed by atoms with E-state index in [0.29, 0.717) is 32.6 Å². The van der Waals surface area contributed by atoms with Gasteiger partial charge in [-0.25, -0.2) is 4.98 Å². The predicted octanol–water partition coefficient (Wildman–Crippen LogP) is 4.70. The highest BCUT2D eigenvalue weighted by molar-refractivity contribution is 7.22. The zero-order chi connectivity index (χ0) is 26.7. The molecule has 0 radical (unpaired) electrons. The summed E-state index contributed by atoms with van der Waals surface area (Å²) >= 11 is 1.68. The number of aromatic nitrogens is 1. The molecular weight excluding hydrogens is 515 g/mol. The van der Waals surface area contributed by atoms with Crippen molar-refractivity contribution in [2.24, 2.45) is 5.92 Å². The lowest BCUT2D eigenvalue weighted by Gasteiger charge is -2.33. The van der Waals surface area contributed by atoms with E-state index >= 15 is 0 Å². The van der Waals surface area contributed by atoms with E-state index in [-0.39, 0.29) is 24.1 Å². The first-order valence-corrected chi connectivity index (χ1v) is 13.7. The molecule has 3 aromatic rings. The van der Waals surface area contributed by atoms with E-state index in [1.165, 1.54) is 18.2 Å². The first-order valence-electron chi connectivity index (χ1n) is 12.9. The number of rotatable bonds is 5. The molecule has 0 unspecified atom stereocenters. The van der Waals surface area contributed by atoms with Crippen LogP contribution >= 0.6 is 11.3 Å². The Labute approximate surface area is 223 Å². The van der Waals surface area contributed by atoms with Crippen molar-refractivity contribution >= 4 is 44.2 Å². The topological polar surface area (TPSA) is 68.8 Å². The number of carbonyl (C=O) groups excluding carboxylic acids is 2. The van der Waals surface area contributed by atoms with Crippen LogP contribution in [-0.4, -0.2) is 72.4 Å². The van der Waals surface area contributed by atoms with Crippen LogP contribution in [0.5, 0.6) is 0 Å². The summed E-state index contributed by atoms with van der Waals surface area (Å²) < 4.78 is 40.9. The Kier molecular flexibility index (Phi) is 7.85. The summed E-state index contributed by atoms with van der Waals surface area (Å²) in [7, 11) is 0. The van der Waals surface area contributed by atoms with Crippen LogP contribution in [0.2, 0.25) is 0 Å².